The van der Waals surface area contributed by atoms with Crippen LogP contribution in [-0.2, 0) is 17.6 Å². The molecule has 1 aromatic heterocycles. The Kier molecular flexibility index (Phi) is 5.55. The van der Waals surface area contributed by atoms with E-state index < -0.39 is 11.9 Å². The zero-order valence-electron chi connectivity index (χ0n) is 16.2. The highest BCUT2D eigenvalue weighted by atomic mass is 35.5. The molecule has 8 heteroatoms. The molecule has 0 atom stereocenters. The number of esters is 1. The molecule has 1 heterocycles. The SMILES string of the molecule is COC(=O)c1ccc(Cl)c(NC(=O)c2nn(-c3ccc(F)cc3)c3c2CCCC3)c1. The van der Waals surface area contributed by atoms with Crippen LogP contribution in [0.25, 0.3) is 5.69 Å². The average molecular weight is 428 g/mol. The predicted molar refractivity (Wildman–Crippen MR) is 111 cm³/mol. The second-order valence-electron chi connectivity index (χ2n) is 7.01. The maximum absolute atomic E-state index is 13.3. The summed E-state index contributed by atoms with van der Waals surface area (Å²) in [5.41, 5.74) is 3.39. The quantitative estimate of drug-likeness (QED) is 0.618. The van der Waals surface area contributed by atoms with Gasteiger partial charge < -0.3 is 10.1 Å². The van der Waals surface area contributed by atoms with Gasteiger partial charge in [0.15, 0.2) is 5.69 Å². The third-order valence-corrected chi connectivity index (χ3v) is 5.43. The number of nitrogens with zero attached hydrogens (tertiary/aromatic N) is 2. The van der Waals surface area contributed by atoms with E-state index in [9.17, 15) is 14.0 Å². The molecule has 2 aromatic carbocycles. The monoisotopic (exact) mass is 427 g/mol. The van der Waals surface area contributed by atoms with Gasteiger partial charge in [-0.2, -0.15) is 5.10 Å². The summed E-state index contributed by atoms with van der Waals surface area (Å²) in [4.78, 5) is 24.9. The highest BCUT2D eigenvalue weighted by Gasteiger charge is 2.26. The Morgan fingerprint density at radius 1 is 1.13 bits per heavy atom. The average Bonchev–Trinajstić information content (AvgIpc) is 3.15. The molecule has 154 valence electrons. The molecule has 0 bridgehead atoms. The van der Waals surface area contributed by atoms with Gasteiger partial charge in [0.05, 0.1) is 29.1 Å². The lowest BCUT2D eigenvalue weighted by atomic mass is 9.95. The summed E-state index contributed by atoms with van der Waals surface area (Å²) in [5.74, 6) is -1.28. The summed E-state index contributed by atoms with van der Waals surface area (Å²) in [6, 6.07) is 10.5. The molecule has 1 N–H and O–H groups in total. The van der Waals surface area contributed by atoms with Crippen molar-refractivity contribution in [3.05, 3.63) is 75.8 Å². The Balaban J connectivity index is 1.70. The number of ether oxygens (including phenoxy) is 1. The second-order valence-corrected chi connectivity index (χ2v) is 7.42. The zero-order chi connectivity index (χ0) is 21.3. The molecule has 30 heavy (non-hydrogen) atoms. The third kappa shape index (κ3) is 3.80. The minimum atomic E-state index is -0.528. The maximum Gasteiger partial charge on any atom is 0.337 e. The fourth-order valence-electron chi connectivity index (χ4n) is 3.62. The highest BCUT2D eigenvalue weighted by Crippen LogP contribution is 2.29. The van der Waals surface area contributed by atoms with Crippen molar-refractivity contribution in [2.24, 2.45) is 0 Å². The van der Waals surface area contributed by atoms with E-state index in [1.165, 1.54) is 37.4 Å². The van der Waals surface area contributed by atoms with Gasteiger partial charge in [0.25, 0.3) is 5.91 Å². The van der Waals surface area contributed by atoms with Crippen LogP contribution in [0.15, 0.2) is 42.5 Å². The van der Waals surface area contributed by atoms with Gasteiger partial charge in [0, 0.05) is 11.3 Å². The van der Waals surface area contributed by atoms with Crippen LogP contribution in [0.1, 0.15) is 44.9 Å². The molecule has 6 nitrogen and oxygen atoms in total. The van der Waals surface area contributed by atoms with Crippen LogP contribution >= 0.6 is 11.6 Å². The molecule has 1 amide bonds. The number of carbonyl (C=O) groups excluding carboxylic acids is 2. The Labute approximate surface area is 177 Å². The molecule has 0 aliphatic heterocycles. The Morgan fingerprint density at radius 2 is 1.87 bits per heavy atom. The number of hydrogen-bond donors (Lipinski definition) is 1. The van der Waals surface area contributed by atoms with E-state index in [0.29, 0.717) is 22.1 Å². The van der Waals surface area contributed by atoms with Crippen LogP contribution in [0, 0.1) is 5.82 Å². The van der Waals surface area contributed by atoms with Crippen molar-refractivity contribution in [2.45, 2.75) is 25.7 Å². The summed E-state index contributed by atoms with van der Waals surface area (Å²) in [7, 11) is 1.28. The zero-order valence-corrected chi connectivity index (χ0v) is 17.0. The molecular formula is C22H19ClFN3O3. The van der Waals surface area contributed by atoms with Gasteiger partial charge in [-0.05, 0) is 68.1 Å². The first kappa shape index (κ1) is 20.1. The molecule has 3 aromatic rings. The van der Waals surface area contributed by atoms with E-state index in [1.54, 1.807) is 16.8 Å². The van der Waals surface area contributed by atoms with Crippen LogP contribution in [-0.4, -0.2) is 28.8 Å². The van der Waals surface area contributed by atoms with E-state index in [4.69, 9.17) is 16.3 Å². The second kappa shape index (κ2) is 8.28. The first-order valence-electron chi connectivity index (χ1n) is 9.54. The van der Waals surface area contributed by atoms with Gasteiger partial charge in [-0.25, -0.2) is 13.9 Å². The van der Waals surface area contributed by atoms with Gasteiger partial charge in [0.2, 0.25) is 0 Å². The summed E-state index contributed by atoms with van der Waals surface area (Å²) in [6.45, 7) is 0. The van der Waals surface area contributed by atoms with Crippen molar-refractivity contribution in [1.29, 1.82) is 0 Å². The van der Waals surface area contributed by atoms with Crippen LogP contribution < -0.4 is 5.32 Å². The Morgan fingerprint density at radius 3 is 2.60 bits per heavy atom. The highest BCUT2D eigenvalue weighted by molar-refractivity contribution is 6.34. The summed E-state index contributed by atoms with van der Waals surface area (Å²) in [6.07, 6.45) is 3.47. The Hall–Kier alpha value is -3.19. The number of hydrogen-bond acceptors (Lipinski definition) is 4. The third-order valence-electron chi connectivity index (χ3n) is 5.10. The Bertz CT molecular complexity index is 1130. The predicted octanol–water partition coefficient (Wildman–Crippen LogP) is 4.58. The molecule has 0 radical (unpaired) electrons. The first-order valence-corrected chi connectivity index (χ1v) is 9.91. The number of fused-ring (bicyclic) bond motifs is 1. The summed E-state index contributed by atoms with van der Waals surface area (Å²) in [5, 5.41) is 7.59. The molecule has 0 spiro atoms. The molecule has 4 rings (SSSR count). The van der Waals surface area contributed by atoms with Gasteiger partial charge in [0.1, 0.15) is 5.82 Å². The van der Waals surface area contributed by atoms with E-state index in [-0.39, 0.29) is 11.4 Å². The van der Waals surface area contributed by atoms with E-state index >= 15 is 0 Å². The van der Waals surface area contributed by atoms with E-state index in [2.05, 4.69) is 10.4 Å². The number of methoxy groups -OCH3 is 1. The van der Waals surface area contributed by atoms with Crippen LogP contribution in [0.2, 0.25) is 5.02 Å². The van der Waals surface area contributed by atoms with Crippen LogP contribution in [0.5, 0.6) is 0 Å². The molecule has 0 saturated carbocycles. The van der Waals surface area contributed by atoms with Gasteiger partial charge in [-0.3, -0.25) is 4.79 Å². The molecule has 0 saturated heterocycles. The van der Waals surface area contributed by atoms with Crippen molar-refractivity contribution in [3.8, 4) is 5.69 Å². The minimum Gasteiger partial charge on any atom is -0.465 e. The number of rotatable bonds is 4. The molecular weight excluding hydrogens is 409 g/mol. The summed E-state index contributed by atoms with van der Waals surface area (Å²) < 4.78 is 19.8. The minimum absolute atomic E-state index is 0.274. The summed E-state index contributed by atoms with van der Waals surface area (Å²) >= 11 is 6.21. The van der Waals surface area contributed by atoms with Crippen LogP contribution in [0.3, 0.4) is 0 Å². The van der Waals surface area contributed by atoms with Crippen LogP contribution in [0.4, 0.5) is 10.1 Å². The van der Waals surface area contributed by atoms with E-state index in [0.717, 1.165) is 36.9 Å². The number of carbonyl (C=O) groups is 2. The fraction of sp³-hybridized carbons (Fsp3) is 0.227. The van der Waals surface area contributed by atoms with E-state index in [1.807, 2.05) is 0 Å². The molecule has 1 aliphatic rings. The van der Waals surface area contributed by atoms with Gasteiger partial charge >= 0.3 is 5.97 Å². The van der Waals surface area contributed by atoms with Gasteiger partial charge in [-0.1, -0.05) is 11.6 Å². The number of anilines is 1. The normalized spacial score (nSPS) is 12.9. The smallest absolute Gasteiger partial charge is 0.337 e. The number of benzene rings is 2. The van der Waals surface area contributed by atoms with Crippen molar-refractivity contribution in [1.82, 2.24) is 9.78 Å². The first-order chi connectivity index (χ1) is 14.5. The largest absolute Gasteiger partial charge is 0.465 e. The number of nitrogens with one attached hydrogen (secondary N) is 1. The lowest BCUT2D eigenvalue weighted by Crippen LogP contribution is -2.16. The maximum atomic E-state index is 13.3. The number of amides is 1. The topological polar surface area (TPSA) is 73.2 Å². The lowest BCUT2D eigenvalue weighted by molar-refractivity contribution is 0.0600. The van der Waals surface area contributed by atoms with Gasteiger partial charge in [-0.15, -0.1) is 0 Å². The number of aromatic nitrogens is 2. The van der Waals surface area contributed by atoms with Crippen molar-refractivity contribution in [2.75, 3.05) is 12.4 Å². The number of halogens is 2. The molecule has 0 fully saturated rings. The fourth-order valence-corrected chi connectivity index (χ4v) is 3.79. The van der Waals surface area contributed by atoms with Crippen molar-refractivity contribution in [3.63, 3.8) is 0 Å². The van der Waals surface area contributed by atoms with Crippen molar-refractivity contribution < 1.29 is 18.7 Å². The molecule has 0 unspecified atom stereocenters. The lowest BCUT2D eigenvalue weighted by Gasteiger charge is -2.14. The van der Waals surface area contributed by atoms with Crippen molar-refractivity contribution >= 4 is 29.2 Å². The standard InChI is InChI=1S/C22H19ClFN3O3/c1-30-22(29)13-6-11-17(23)18(12-13)25-21(28)20-16-4-2-3-5-19(16)27(26-20)15-9-7-14(24)8-10-15/h6-12H,2-5H2,1H3,(H,25,28). The molecule has 1 aliphatic carbocycles.